The lowest BCUT2D eigenvalue weighted by atomic mass is 10.0. The summed E-state index contributed by atoms with van der Waals surface area (Å²) in [4.78, 5) is 0. The third-order valence-electron chi connectivity index (χ3n) is 2.61. The van der Waals surface area contributed by atoms with E-state index in [-0.39, 0.29) is 5.60 Å². The van der Waals surface area contributed by atoms with E-state index in [2.05, 4.69) is 5.10 Å². The monoisotopic (exact) mass is 197 g/mol. The lowest BCUT2D eigenvalue weighted by Crippen LogP contribution is -2.37. The fourth-order valence-electron chi connectivity index (χ4n) is 1.70. The summed E-state index contributed by atoms with van der Waals surface area (Å²) in [5, 5.41) is 4.13. The van der Waals surface area contributed by atoms with Gasteiger partial charge in [-0.05, 0) is 6.07 Å². The summed E-state index contributed by atoms with van der Waals surface area (Å²) < 4.78 is 12.6. The summed E-state index contributed by atoms with van der Waals surface area (Å²) in [5.74, 6) is 0.537. The first-order valence-corrected chi connectivity index (χ1v) is 4.66. The second-order valence-corrected chi connectivity index (χ2v) is 3.63. The number of aromatic nitrogens is 2. The van der Waals surface area contributed by atoms with Crippen LogP contribution >= 0.6 is 0 Å². The van der Waals surface area contributed by atoms with Gasteiger partial charge in [0.05, 0.1) is 13.2 Å². The normalized spacial score (nSPS) is 26.9. The largest absolute Gasteiger partial charge is 0.382 e. The van der Waals surface area contributed by atoms with Crippen LogP contribution in [-0.2, 0) is 16.0 Å². The number of nitrogens with zero attached hydrogens (tertiary/aromatic N) is 2. The molecule has 1 atom stereocenters. The van der Waals surface area contributed by atoms with Gasteiger partial charge in [-0.3, -0.25) is 4.68 Å². The molecule has 78 valence electrons. The number of hydrogen-bond acceptors (Lipinski definition) is 4. The van der Waals surface area contributed by atoms with E-state index in [9.17, 15) is 0 Å². The van der Waals surface area contributed by atoms with Crippen molar-refractivity contribution in [2.75, 3.05) is 26.1 Å². The van der Waals surface area contributed by atoms with Crippen LogP contribution in [0.3, 0.4) is 0 Å². The molecule has 0 bridgehead atoms. The molecule has 2 rings (SSSR count). The van der Waals surface area contributed by atoms with Crippen LogP contribution in [0.4, 0.5) is 5.82 Å². The highest BCUT2D eigenvalue weighted by atomic mass is 16.5. The van der Waals surface area contributed by atoms with Crippen molar-refractivity contribution >= 4 is 5.82 Å². The molecule has 5 heteroatoms. The van der Waals surface area contributed by atoms with Crippen LogP contribution in [0.2, 0.25) is 0 Å². The van der Waals surface area contributed by atoms with Gasteiger partial charge in [0.2, 0.25) is 0 Å². The van der Waals surface area contributed by atoms with Crippen molar-refractivity contribution in [2.24, 2.45) is 0 Å². The van der Waals surface area contributed by atoms with Crippen LogP contribution < -0.4 is 5.73 Å². The Bertz CT molecular complexity index is 305. The minimum atomic E-state index is -0.224. The van der Waals surface area contributed by atoms with Crippen molar-refractivity contribution in [1.29, 1.82) is 0 Å². The average Bonchev–Trinajstić information content (AvgIpc) is 2.77. The lowest BCUT2D eigenvalue weighted by molar-refractivity contribution is -0.0317. The van der Waals surface area contributed by atoms with E-state index in [1.165, 1.54) is 0 Å². The Morgan fingerprint density at radius 1 is 1.79 bits per heavy atom. The zero-order valence-corrected chi connectivity index (χ0v) is 8.27. The van der Waals surface area contributed by atoms with Gasteiger partial charge < -0.3 is 15.2 Å². The maximum absolute atomic E-state index is 5.53. The van der Waals surface area contributed by atoms with Crippen LogP contribution in [0.1, 0.15) is 6.42 Å². The van der Waals surface area contributed by atoms with Gasteiger partial charge in [-0.1, -0.05) is 0 Å². The summed E-state index contributed by atoms with van der Waals surface area (Å²) in [5.41, 5.74) is 5.31. The van der Waals surface area contributed by atoms with Crippen molar-refractivity contribution < 1.29 is 9.47 Å². The molecule has 0 saturated carbocycles. The van der Waals surface area contributed by atoms with Gasteiger partial charge >= 0.3 is 0 Å². The van der Waals surface area contributed by atoms with Crippen molar-refractivity contribution in [2.45, 2.75) is 18.6 Å². The fourth-order valence-corrected chi connectivity index (χ4v) is 1.70. The van der Waals surface area contributed by atoms with Crippen molar-refractivity contribution in [3.63, 3.8) is 0 Å². The molecule has 0 aliphatic carbocycles. The number of rotatable bonds is 3. The van der Waals surface area contributed by atoms with Crippen LogP contribution in [0.5, 0.6) is 0 Å². The molecule has 0 spiro atoms. The highest BCUT2D eigenvalue weighted by molar-refractivity contribution is 5.23. The molecular formula is C9H15N3O2. The lowest BCUT2D eigenvalue weighted by Gasteiger charge is -2.25. The van der Waals surface area contributed by atoms with Gasteiger partial charge in [0.15, 0.2) is 0 Å². The summed E-state index contributed by atoms with van der Waals surface area (Å²) >= 11 is 0. The molecule has 1 fully saturated rings. The molecule has 1 aromatic rings. The molecule has 1 aromatic heterocycles. The van der Waals surface area contributed by atoms with Crippen molar-refractivity contribution in [1.82, 2.24) is 9.78 Å². The first kappa shape index (κ1) is 9.48. The van der Waals surface area contributed by atoms with E-state index in [0.717, 1.165) is 13.0 Å². The molecule has 1 aliphatic rings. The fraction of sp³-hybridized carbons (Fsp3) is 0.667. The van der Waals surface area contributed by atoms with E-state index in [4.69, 9.17) is 15.2 Å². The first-order chi connectivity index (χ1) is 6.74. The molecule has 1 aliphatic heterocycles. The van der Waals surface area contributed by atoms with Gasteiger partial charge in [0, 0.05) is 26.3 Å². The smallest absolute Gasteiger partial charge is 0.145 e. The number of ether oxygens (including phenoxy) is 2. The zero-order chi connectivity index (χ0) is 10.0. The van der Waals surface area contributed by atoms with Crippen molar-refractivity contribution in [3.8, 4) is 0 Å². The quantitative estimate of drug-likeness (QED) is 0.755. The SMILES string of the molecule is COC1(Cn2ccc(N)n2)CCOC1. The standard InChI is InChI=1S/C9H15N3O2/c1-13-9(3-5-14-7-9)6-12-4-2-8(10)11-12/h2,4H,3,5-7H2,1H3,(H2,10,11). The Hall–Kier alpha value is -1.07. The Balaban J connectivity index is 2.08. The highest BCUT2D eigenvalue weighted by Gasteiger charge is 2.35. The maximum atomic E-state index is 5.53. The molecule has 0 radical (unpaired) electrons. The van der Waals surface area contributed by atoms with Gasteiger partial charge in [0.1, 0.15) is 11.4 Å². The first-order valence-electron chi connectivity index (χ1n) is 4.66. The minimum absolute atomic E-state index is 0.224. The second-order valence-electron chi connectivity index (χ2n) is 3.63. The molecular weight excluding hydrogens is 182 g/mol. The average molecular weight is 197 g/mol. The molecule has 1 unspecified atom stereocenters. The predicted molar refractivity (Wildman–Crippen MR) is 51.8 cm³/mol. The minimum Gasteiger partial charge on any atom is -0.382 e. The summed E-state index contributed by atoms with van der Waals surface area (Å²) in [7, 11) is 1.71. The summed E-state index contributed by atoms with van der Waals surface area (Å²) in [6.07, 6.45) is 2.76. The van der Waals surface area contributed by atoms with E-state index in [1.807, 2.05) is 6.20 Å². The molecule has 5 nitrogen and oxygen atoms in total. The topological polar surface area (TPSA) is 62.3 Å². The Morgan fingerprint density at radius 3 is 3.14 bits per heavy atom. The van der Waals surface area contributed by atoms with Gasteiger partial charge in [0.25, 0.3) is 0 Å². The van der Waals surface area contributed by atoms with E-state index >= 15 is 0 Å². The summed E-state index contributed by atoms with van der Waals surface area (Å²) in [6.45, 7) is 2.08. The third-order valence-corrected chi connectivity index (χ3v) is 2.61. The van der Waals surface area contributed by atoms with Gasteiger partial charge in [-0.25, -0.2) is 0 Å². The molecule has 0 amide bonds. The van der Waals surface area contributed by atoms with Crippen LogP contribution in [0.15, 0.2) is 12.3 Å². The third kappa shape index (κ3) is 1.73. The maximum Gasteiger partial charge on any atom is 0.145 e. The van der Waals surface area contributed by atoms with Crippen LogP contribution in [0.25, 0.3) is 0 Å². The molecule has 0 aromatic carbocycles. The number of hydrogen-bond donors (Lipinski definition) is 1. The van der Waals surface area contributed by atoms with E-state index < -0.39 is 0 Å². The second kappa shape index (κ2) is 3.59. The molecule has 2 N–H and O–H groups in total. The highest BCUT2D eigenvalue weighted by Crippen LogP contribution is 2.24. The summed E-state index contributed by atoms with van der Waals surface area (Å²) in [6, 6.07) is 1.78. The Morgan fingerprint density at radius 2 is 2.64 bits per heavy atom. The molecule has 14 heavy (non-hydrogen) atoms. The Kier molecular flexibility index (Phi) is 2.43. The number of nitrogen functional groups attached to an aromatic ring is 1. The molecule has 1 saturated heterocycles. The van der Waals surface area contributed by atoms with Crippen LogP contribution in [-0.4, -0.2) is 35.7 Å². The van der Waals surface area contributed by atoms with Crippen LogP contribution in [0, 0.1) is 0 Å². The van der Waals surface area contributed by atoms with Crippen molar-refractivity contribution in [3.05, 3.63) is 12.3 Å². The van der Waals surface area contributed by atoms with E-state index in [1.54, 1.807) is 17.9 Å². The number of anilines is 1. The zero-order valence-electron chi connectivity index (χ0n) is 8.27. The van der Waals surface area contributed by atoms with Gasteiger partial charge in [-0.2, -0.15) is 5.10 Å². The van der Waals surface area contributed by atoms with E-state index in [0.29, 0.717) is 19.0 Å². The number of nitrogens with two attached hydrogens (primary N) is 1. The molecule has 2 heterocycles. The Labute approximate surface area is 82.8 Å². The number of methoxy groups -OCH3 is 1. The predicted octanol–water partition coefficient (Wildman–Crippen LogP) is 0.271. The van der Waals surface area contributed by atoms with Gasteiger partial charge in [-0.15, -0.1) is 0 Å².